The second kappa shape index (κ2) is 19.9. The number of hydrogen-bond donors (Lipinski definition) is 9. The molecule has 0 saturated heterocycles. The number of carbonyl (C=O) groups is 5. The predicted octanol–water partition coefficient (Wildman–Crippen LogP) is -2.35. The highest BCUT2D eigenvalue weighted by atomic mass is 32.2. The maximum atomic E-state index is 13.1. The molecule has 0 aliphatic carbocycles. The maximum Gasteiger partial charge on any atom is 0.326 e. The summed E-state index contributed by atoms with van der Waals surface area (Å²) in [4.78, 5) is 64.7. The predicted molar refractivity (Wildman–Crippen MR) is 144 cm³/mol. The molecule has 16 heteroatoms. The fraction of sp³-hybridized carbons (Fsp3) is 0.727. The lowest BCUT2D eigenvalue weighted by Gasteiger charge is -2.25. The molecule has 0 heterocycles. The number of thioether (sulfide) groups is 1. The molecule has 218 valence electrons. The number of aliphatic carboxylic acids is 2. The number of hydrogen-bond acceptors (Lipinski definition) is 9. The minimum Gasteiger partial charge on any atom is -0.481 e. The highest BCUT2D eigenvalue weighted by Gasteiger charge is 2.30. The molecule has 3 amide bonds. The molecule has 0 saturated carbocycles. The Bertz CT molecular complexity index is 811. The van der Waals surface area contributed by atoms with Crippen molar-refractivity contribution in [3.05, 3.63) is 0 Å². The van der Waals surface area contributed by atoms with E-state index < -0.39 is 60.2 Å². The SMILES string of the molecule is CSCCC(NC(=O)C(CCCCN)NC(=O)C(N)CCCN=C(N)N)C(=O)NC(CCC(=O)O)C(=O)O. The number of carboxylic acid groups (broad SMARTS) is 2. The molecule has 0 spiro atoms. The Hall–Kier alpha value is -3.11. The number of carboxylic acids is 2. The van der Waals surface area contributed by atoms with Crippen molar-refractivity contribution in [2.45, 2.75) is 75.5 Å². The van der Waals surface area contributed by atoms with Crippen LogP contribution in [0.3, 0.4) is 0 Å². The number of nitrogens with zero attached hydrogens (tertiary/aromatic N) is 1. The first-order valence-electron chi connectivity index (χ1n) is 12.3. The number of carbonyl (C=O) groups excluding carboxylic acids is 3. The van der Waals surface area contributed by atoms with Crippen LogP contribution in [-0.2, 0) is 24.0 Å². The largest absolute Gasteiger partial charge is 0.481 e. The van der Waals surface area contributed by atoms with Crippen molar-refractivity contribution in [1.82, 2.24) is 16.0 Å². The molecule has 0 aromatic rings. The van der Waals surface area contributed by atoms with Gasteiger partial charge in [0.15, 0.2) is 5.96 Å². The molecular formula is C22H42N8O7S. The fourth-order valence-electron chi connectivity index (χ4n) is 3.27. The quantitative estimate of drug-likeness (QED) is 0.0404. The molecule has 0 aliphatic heterocycles. The van der Waals surface area contributed by atoms with Gasteiger partial charge in [-0.25, -0.2) is 4.79 Å². The summed E-state index contributed by atoms with van der Waals surface area (Å²) in [6.45, 7) is 0.679. The van der Waals surface area contributed by atoms with E-state index in [1.165, 1.54) is 11.8 Å². The molecule has 0 fully saturated rings. The summed E-state index contributed by atoms with van der Waals surface area (Å²) in [5.41, 5.74) is 22.0. The minimum atomic E-state index is -1.44. The van der Waals surface area contributed by atoms with Gasteiger partial charge in [-0.05, 0) is 63.5 Å². The monoisotopic (exact) mass is 562 g/mol. The Balaban J connectivity index is 5.42. The molecule has 4 unspecified atom stereocenters. The van der Waals surface area contributed by atoms with Gasteiger partial charge in [-0.2, -0.15) is 11.8 Å². The van der Waals surface area contributed by atoms with E-state index in [-0.39, 0.29) is 31.6 Å². The average molecular weight is 563 g/mol. The van der Waals surface area contributed by atoms with E-state index in [1.807, 2.05) is 0 Å². The zero-order chi connectivity index (χ0) is 29.1. The van der Waals surface area contributed by atoms with Gasteiger partial charge in [0.2, 0.25) is 17.7 Å². The lowest BCUT2D eigenvalue weighted by molar-refractivity contribution is -0.143. The van der Waals surface area contributed by atoms with Gasteiger partial charge in [-0.1, -0.05) is 0 Å². The zero-order valence-electron chi connectivity index (χ0n) is 21.7. The van der Waals surface area contributed by atoms with Crippen LogP contribution in [0, 0.1) is 0 Å². The zero-order valence-corrected chi connectivity index (χ0v) is 22.5. The van der Waals surface area contributed by atoms with Gasteiger partial charge in [0.25, 0.3) is 0 Å². The Morgan fingerprint density at radius 3 is 1.92 bits per heavy atom. The topological polar surface area (TPSA) is 278 Å². The van der Waals surface area contributed by atoms with Crippen LogP contribution < -0.4 is 38.9 Å². The molecule has 0 aliphatic rings. The molecule has 0 rings (SSSR count). The third-order valence-electron chi connectivity index (χ3n) is 5.39. The van der Waals surface area contributed by atoms with E-state index >= 15 is 0 Å². The van der Waals surface area contributed by atoms with E-state index in [2.05, 4.69) is 20.9 Å². The van der Waals surface area contributed by atoms with Gasteiger partial charge in [-0.15, -0.1) is 0 Å². The molecular weight excluding hydrogens is 520 g/mol. The van der Waals surface area contributed by atoms with Crippen molar-refractivity contribution in [2.24, 2.45) is 27.9 Å². The first-order valence-corrected chi connectivity index (χ1v) is 13.7. The second-order valence-electron chi connectivity index (χ2n) is 8.58. The first kappa shape index (κ1) is 34.9. The summed E-state index contributed by atoms with van der Waals surface area (Å²) in [6, 6.07) is -4.48. The van der Waals surface area contributed by atoms with Crippen LogP contribution in [0.2, 0.25) is 0 Å². The standard InChI is InChI=1S/C22H42N8O7S/c1-38-12-9-15(20(35)30-16(21(36)37)7-8-17(31)32)29-19(34)14(6-2-3-10-23)28-18(33)13(24)5-4-11-27-22(25)26/h13-16H,2-12,23-24H2,1H3,(H,28,33)(H,29,34)(H,30,35)(H,31,32)(H,36,37)(H4,25,26,27). The van der Waals surface area contributed by atoms with Crippen LogP contribution in [0.4, 0.5) is 0 Å². The molecule has 38 heavy (non-hydrogen) atoms. The fourth-order valence-corrected chi connectivity index (χ4v) is 3.74. The first-order chi connectivity index (χ1) is 17.9. The average Bonchev–Trinajstić information content (AvgIpc) is 2.85. The van der Waals surface area contributed by atoms with Crippen molar-refractivity contribution in [2.75, 3.05) is 25.1 Å². The van der Waals surface area contributed by atoms with Crippen molar-refractivity contribution in [3.8, 4) is 0 Å². The van der Waals surface area contributed by atoms with Crippen LogP contribution in [-0.4, -0.2) is 95.1 Å². The van der Waals surface area contributed by atoms with E-state index in [0.29, 0.717) is 38.1 Å². The summed E-state index contributed by atoms with van der Waals surface area (Å²) >= 11 is 1.41. The van der Waals surface area contributed by atoms with Crippen LogP contribution in [0.15, 0.2) is 4.99 Å². The van der Waals surface area contributed by atoms with Gasteiger partial charge in [0.1, 0.15) is 18.1 Å². The highest BCUT2D eigenvalue weighted by molar-refractivity contribution is 7.98. The normalized spacial score (nSPS) is 13.9. The number of guanidine groups is 1. The summed E-state index contributed by atoms with van der Waals surface area (Å²) in [7, 11) is 0. The van der Waals surface area contributed by atoms with E-state index in [1.54, 1.807) is 6.26 Å². The number of rotatable bonds is 21. The van der Waals surface area contributed by atoms with E-state index in [9.17, 15) is 29.1 Å². The Morgan fingerprint density at radius 1 is 0.816 bits per heavy atom. The number of nitrogens with one attached hydrogen (secondary N) is 3. The number of aliphatic imine (C=N–C) groups is 1. The van der Waals surface area contributed by atoms with Gasteiger partial charge >= 0.3 is 11.9 Å². The van der Waals surface area contributed by atoms with Crippen LogP contribution in [0.25, 0.3) is 0 Å². The summed E-state index contributed by atoms with van der Waals surface area (Å²) in [6.07, 6.45) is 3.27. The Labute approximate surface area is 226 Å². The van der Waals surface area contributed by atoms with Gasteiger partial charge in [0, 0.05) is 13.0 Å². The molecule has 13 N–H and O–H groups in total. The minimum absolute atomic E-state index is 0.0729. The molecule has 0 radical (unpaired) electrons. The Kier molecular flexibility index (Phi) is 18.3. The summed E-state index contributed by atoms with van der Waals surface area (Å²) in [5, 5.41) is 25.7. The third-order valence-corrected chi connectivity index (χ3v) is 6.03. The molecule has 15 nitrogen and oxygen atoms in total. The number of amides is 3. The van der Waals surface area contributed by atoms with Crippen LogP contribution in [0.1, 0.15) is 51.4 Å². The number of unbranched alkanes of at least 4 members (excludes halogenated alkanes) is 1. The van der Waals surface area contributed by atoms with Crippen molar-refractivity contribution in [3.63, 3.8) is 0 Å². The lowest BCUT2D eigenvalue weighted by atomic mass is 10.1. The van der Waals surface area contributed by atoms with E-state index in [4.69, 9.17) is 28.0 Å². The van der Waals surface area contributed by atoms with Gasteiger partial charge in [0.05, 0.1) is 6.04 Å². The van der Waals surface area contributed by atoms with Crippen molar-refractivity contribution in [1.29, 1.82) is 0 Å². The molecule has 0 bridgehead atoms. The van der Waals surface area contributed by atoms with E-state index in [0.717, 1.165) is 0 Å². The Morgan fingerprint density at radius 2 is 1.39 bits per heavy atom. The van der Waals surface area contributed by atoms with Crippen LogP contribution >= 0.6 is 11.8 Å². The molecule has 4 atom stereocenters. The van der Waals surface area contributed by atoms with Gasteiger partial charge < -0.3 is 49.1 Å². The highest BCUT2D eigenvalue weighted by Crippen LogP contribution is 2.07. The van der Waals surface area contributed by atoms with Gasteiger partial charge in [-0.3, -0.25) is 24.2 Å². The van der Waals surface area contributed by atoms with Crippen LogP contribution in [0.5, 0.6) is 0 Å². The second-order valence-corrected chi connectivity index (χ2v) is 9.56. The van der Waals surface area contributed by atoms with Crippen molar-refractivity contribution >= 4 is 47.4 Å². The lowest BCUT2D eigenvalue weighted by Crippen LogP contribution is -2.57. The number of nitrogens with two attached hydrogens (primary N) is 4. The molecule has 0 aromatic carbocycles. The summed E-state index contributed by atoms with van der Waals surface area (Å²) in [5.74, 6) is -4.17. The molecule has 0 aromatic heterocycles. The van der Waals surface area contributed by atoms with Crippen molar-refractivity contribution < 1.29 is 34.2 Å². The third kappa shape index (κ3) is 15.9. The summed E-state index contributed by atoms with van der Waals surface area (Å²) < 4.78 is 0. The maximum absolute atomic E-state index is 13.1. The smallest absolute Gasteiger partial charge is 0.326 e.